The molecule has 0 bridgehead atoms. The minimum absolute atomic E-state index is 0.0805. The van der Waals surface area contributed by atoms with Crippen molar-refractivity contribution < 1.29 is 14.6 Å². The molecule has 4 nitrogen and oxygen atoms in total. The molecule has 1 heterocycles. The van der Waals surface area contributed by atoms with Gasteiger partial charge in [0.05, 0.1) is 7.11 Å². The second-order valence-corrected chi connectivity index (χ2v) is 8.02. The van der Waals surface area contributed by atoms with E-state index in [0.717, 1.165) is 31.5 Å². The highest BCUT2D eigenvalue weighted by molar-refractivity contribution is 6.03. The van der Waals surface area contributed by atoms with Crippen LogP contribution < -0.4 is 4.74 Å². The number of ether oxygens (including phenoxy) is 1. The molecular weight excluding hydrogens is 338 g/mol. The predicted octanol–water partition coefficient (Wildman–Crippen LogP) is 4.20. The molecule has 1 fully saturated rings. The van der Waals surface area contributed by atoms with Gasteiger partial charge < -0.3 is 9.84 Å². The topological polar surface area (TPSA) is 49.8 Å². The van der Waals surface area contributed by atoms with Crippen molar-refractivity contribution in [2.45, 2.75) is 44.7 Å². The molecule has 1 N–H and O–H groups in total. The molecule has 4 rings (SSSR count). The van der Waals surface area contributed by atoms with E-state index in [9.17, 15) is 9.90 Å². The van der Waals surface area contributed by atoms with Gasteiger partial charge in [0.2, 0.25) is 0 Å². The third kappa shape index (κ3) is 3.12. The first-order valence-corrected chi connectivity index (χ1v) is 9.76. The van der Waals surface area contributed by atoms with Crippen LogP contribution in [0.4, 0.5) is 0 Å². The van der Waals surface area contributed by atoms with Crippen LogP contribution in [0.15, 0.2) is 42.5 Å². The largest absolute Gasteiger partial charge is 0.504 e. The van der Waals surface area contributed by atoms with Gasteiger partial charge in [0.15, 0.2) is 17.3 Å². The van der Waals surface area contributed by atoms with Crippen LogP contribution in [0, 0.1) is 5.92 Å². The second-order valence-electron chi connectivity index (χ2n) is 8.02. The zero-order valence-electron chi connectivity index (χ0n) is 16.1. The van der Waals surface area contributed by atoms with Crippen molar-refractivity contribution in [2.75, 3.05) is 13.7 Å². The number of benzene rings is 2. The van der Waals surface area contributed by atoms with E-state index < -0.39 is 0 Å². The summed E-state index contributed by atoms with van der Waals surface area (Å²) >= 11 is 0. The molecule has 2 atom stereocenters. The lowest BCUT2D eigenvalue weighted by Gasteiger charge is -2.48. The third-order valence-electron chi connectivity index (χ3n) is 6.46. The molecule has 1 aliphatic carbocycles. The van der Waals surface area contributed by atoms with Gasteiger partial charge in [0.25, 0.3) is 0 Å². The molecule has 142 valence electrons. The van der Waals surface area contributed by atoms with E-state index in [1.807, 2.05) is 6.07 Å². The number of ketones is 1. The van der Waals surface area contributed by atoms with Crippen LogP contribution >= 0.6 is 0 Å². The number of carbonyl (C=O) groups excluding carboxylic acids is 1. The van der Waals surface area contributed by atoms with Crippen molar-refractivity contribution in [2.24, 2.45) is 5.92 Å². The lowest BCUT2D eigenvalue weighted by atomic mass is 9.75. The fourth-order valence-corrected chi connectivity index (χ4v) is 4.83. The van der Waals surface area contributed by atoms with Crippen LogP contribution in [0.5, 0.6) is 11.5 Å². The molecule has 2 aliphatic rings. The van der Waals surface area contributed by atoms with Gasteiger partial charge in [-0.2, -0.15) is 0 Å². The van der Waals surface area contributed by atoms with E-state index in [1.54, 1.807) is 12.1 Å². The van der Waals surface area contributed by atoms with Crippen LogP contribution in [0.2, 0.25) is 0 Å². The molecule has 0 amide bonds. The van der Waals surface area contributed by atoms with Crippen LogP contribution in [0.1, 0.15) is 47.7 Å². The number of carbonyl (C=O) groups is 1. The summed E-state index contributed by atoms with van der Waals surface area (Å²) in [6, 6.07) is 13.9. The smallest absolute Gasteiger partial charge is 0.168 e. The molecule has 4 heteroatoms. The average Bonchev–Trinajstić information content (AvgIpc) is 3.00. The molecule has 1 saturated heterocycles. The Kier molecular flexibility index (Phi) is 4.68. The van der Waals surface area contributed by atoms with Crippen molar-refractivity contribution in [3.63, 3.8) is 0 Å². The first-order chi connectivity index (χ1) is 13.0. The van der Waals surface area contributed by atoms with E-state index in [2.05, 4.69) is 36.1 Å². The standard InChI is InChI=1S/C23H27NO3/c1-23(10-6-7-11-24(23)15-16-8-4-3-5-9-16)19-12-17-13-20(25)21(27-2)14-18(17)22(19)26/h3-5,8-9,13-14,19,25H,6-7,10-12,15H2,1-2H3. The van der Waals surface area contributed by atoms with Crippen molar-refractivity contribution >= 4 is 5.78 Å². The van der Waals surface area contributed by atoms with E-state index in [0.29, 0.717) is 17.7 Å². The molecule has 2 aromatic carbocycles. The molecule has 0 saturated carbocycles. The summed E-state index contributed by atoms with van der Waals surface area (Å²) in [4.78, 5) is 15.8. The highest BCUT2D eigenvalue weighted by Crippen LogP contribution is 2.44. The van der Waals surface area contributed by atoms with Crippen LogP contribution in [0.3, 0.4) is 0 Å². The van der Waals surface area contributed by atoms with E-state index in [-0.39, 0.29) is 23.0 Å². The zero-order valence-corrected chi connectivity index (χ0v) is 16.1. The van der Waals surface area contributed by atoms with Crippen molar-refractivity contribution in [1.82, 2.24) is 4.90 Å². The molecule has 1 aliphatic heterocycles. The van der Waals surface area contributed by atoms with E-state index >= 15 is 0 Å². The summed E-state index contributed by atoms with van der Waals surface area (Å²) in [5.41, 5.74) is 2.76. The van der Waals surface area contributed by atoms with E-state index in [4.69, 9.17) is 4.74 Å². The Bertz CT molecular complexity index is 848. The van der Waals surface area contributed by atoms with Crippen molar-refractivity contribution in [3.05, 3.63) is 59.2 Å². The lowest BCUT2D eigenvalue weighted by Crippen LogP contribution is -2.55. The minimum Gasteiger partial charge on any atom is -0.504 e. The third-order valence-corrected chi connectivity index (χ3v) is 6.46. The monoisotopic (exact) mass is 365 g/mol. The Hall–Kier alpha value is -2.33. The number of rotatable bonds is 4. The highest BCUT2D eigenvalue weighted by Gasteiger charge is 2.48. The fourth-order valence-electron chi connectivity index (χ4n) is 4.83. The highest BCUT2D eigenvalue weighted by atomic mass is 16.5. The van der Waals surface area contributed by atoms with Crippen LogP contribution in [-0.4, -0.2) is 35.0 Å². The number of nitrogens with zero attached hydrogens (tertiary/aromatic N) is 1. The molecule has 0 radical (unpaired) electrons. The number of hydrogen-bond donors (Lipinski definition) is 1. The average molecular weight is 365 g/mol. The van der Waals surface area contributed by atoms with Crippen molar-refractivity contribution in [3.8, 4) is 11.5 Å². The Balaban J connectivity index is 1.64. The number of phenolic OH excluding ortho intramolecular Hbond substituents is 1. The maximum atomic E-state index is 13.3. The molecule has 0 aromatic heterocycles. The number of methoxy groups -OCH3 is 1. The second kappa shape index (κ2) is 7.01. The quantitative estimate of drug-likeness (QED) is 0.882. The Morgan fingerprint density at radius 2 is 2.00 bits per heavy atom. The van der Waals surface area contributed by atoms with Crippen LogP contribution in [0.25, 0.3) is 0 Å². The van der Waals surface area contributed by atoms with Gasteiger partial charge in [-0.1, -0.05) is 36.8 Å². The summed E-state index contributed by atoms with van der Waals surface area (Å²) in [6.45, 7) is 4.13. The minimum atomic E-state index is -0.174. The normalized spacial score (nSPS) is 25.4. The number of fused-ring (bicyclic) bond motifs is 1. The Morgan fingerprint density at radius 1 is 1.22 bits per heavy atom. The first-order valence-electron chi connectivity index (χ1n) is 9.76. The number of Topliss-reactive ketones (excluding diaryl/α,β-unsaturated/α-hetero) is 1. The molecule has 0 spiro atoms. The summed E-state index contributed by atoms with van der Waals surface area (Å²) in [5.74, 6) is 0.589. The number of piperidine rings is 1. The van der Waals surface area contributed by atoms with Gasteiger partial charge >= 0.3 is 0 Å². The van der Waals surface area contributed by atoms with Gasteiger partial charge in [0.1, 0.15) is 0 Å². The summed E-state index contributed by atoms with van der Waals surface area (Å²) in [7, 11) is 1.52. The molecular formula is C23H27NO3. The van der Waals surface area contributed by atoms with Gasteiger partial charge in [0, 0.05) is 23.6 Å². The Labute approximate surface area is 160 Å². The fraction of sp³-hybridized carbons (Fsp3) is 0.435. The lowest BCUT2D eigenvalue weighted by molar-refractivity contribution is 0.0104. The van der Waals surface area contributed by atoms with E-state index in [1.165, 1.54) is 19.1 Å². The van der Waals surface area contributed by atoms with Crippen LogP contribution in [-0.2, 0) is 13.0 Å². The van der Waals surface area contributed by atoms with Gasteiger partial charge in [-0.15, -0.1) is 0 Å². The summed E-state index contributed by atoms with van der Waals surface area (Å²) in [5, 5.41) is 10.1. The van der Waals surface area contributed by atoms with Gasteiger partial charge in [-0.05, 0) is 56.0 Å². The first kappa shape index (κ1) is 18.1. The van der Waals surface area contributed by atoms with Gasteiger partial charge in [-0.3, -0.25) is 9.69 Å². The summed E-state index contributed by atoms with van der Waals surface area (Å²) < 4.78 is 5.21. The zero-order chi connectivity index (χ0) is 19.0. The SMILES string of the molecule is COc1cc2c(cc1O)CC(C1(C)CCCCN1Cc1ccccc1)C2=O. The summed E-state index contributed by atoms with van der Waals surface area (Å²) in [6.07, 6.45) is 4.03. The maximum absolute atomic E-state index is 13.3. The van der Waals surface area contributed by atoms with Gasteiger partial charge in [-0.25, -0.2) is 0 Å². The number of likely N-dealkylation sites (tertiary alicyclic amines) is 1. The predicted molar refractivity (Wildman–Crippen MR) is 105 cm³/mol. The molecule has 2 aromatic rings. The number of hydrogen-bond acceptors (Lipinski definition) is 4. The maximum Gasteiger partial charge on any atom is 0.168 e. The number of aromatic hydroxyl groups is 1. The Morgan fingerprint density at radius 3 is 2.74 bits per heavy atom. The van der Waals surface area contributed by atoms with Crippen molar-refractivity contribution in [1.29, 1.82) is 0 Å². The number of phenols is 1. The molecule has 27 heavy (non-hydrogen) atoms. The molecule has 2 unspecified atom stereocenters.